The smallest absolute Gasteiger partial charge is 0.232 e. The summed E-state index contributed by atoms with van der Waals surface area (Å²) in [5.41, 5.74) is 0.397. The summed E-state index contributed by atoms with van der Waals surface area (Å²) in [4.78, 5) is 18.5. The molecule has 0 N–H and O–H groups in total. The highest BCUT2D eigenvalue weighted by Gasteiger charge is 2.08. The highest BCUT2D eigenvalue weighted by atomic mass is 16.3. The Hall–Kier alpha value is -2.22. The van der Waals surface area contributed by atoms with Gasteiger partial charge in [0.15, 0.2) is 5.78 Å². The van der Waals surface area contributed by atoms with Gasteiger partial charge in [-0.3, -0.25) is 4.79 Å². The van der Waals surface area contributed by atoms with Crippen molar-refractivity contribution in [3.8, 4) is 6.07 Å². The third-order valence-corrected chi connectivity index (χ3v) is 1.74. The summed E-state index contributed by atoms with van der Waals surface area (Å²) in [7, 11) is 0. The molecule has 0 spiro atoms. The maximum atomic E-state index is 11.2. The molecule has 1 aromatic rings. The third kappa shape index (κ3) is 2.38. The molecule has 5 heteroatoms. The molecule has 0 saturated carbocycles. The zero-order valence-corrected chi connectivity index (χ0v) is 8.31. The zero-order chi connectivity index (χ0) is 11.4. The van der Waals surface area contributed by atoms with Gasteiger partial charge in [-0.15, -0.1) is 5.76 Å². The van der Waals surface area contributed by atoms with E-state index >= 15 is 0 Å². The Morgan fingerprint density at radius 1 is 1.40 bits per heavy atom. The van der Waals surface area contributed by atoms with Crippen LogP contribution in [0, 0.1) is 11.3 Å². The Morgan fingerprint density at radius 2 is 1.93 bits per heavy atom. The molecule has 0 amide bonds. The van der Waals surface area contributed by atoms with Crippen LogP contribution in [-0.4, -0.2) is 15.8 Å². The van der Waals surface area contributed by atoms with Crippen molar-refractivity contribution in [3.63, 3.8) is 0 Å². The number of carbonyl (C=O) groups excluding carboxylic acids is 1. The van der Waals surface area contributed by atoms with Crippen LogP contribution in [0.5, 0.6) is 0 Å². The van der Waals surface area contributed by atoms with Gasteiger partial charge in [-0.25, -0.2) is 9.97 Å². The Morgan fingerprint density at radius 3 is 2.27 bits per heavy atom. The van der Waals surface area contributed by atoms with Gasteiger partial charge in [0.1, 0.15) is 6.07 Å². The number of rotatable bonds is 2. The molecule has 0 unspecified atom stereocenters. The summed E-state index contributed by atoms with van der Waals surface area (Å²) in [5.74, 6) is -0.670. The van der Waals surface area contributed by atoms with Gasteiger partial charge in [0.05, 0.1) is 0 Å². The van der Waals surface area contributed by atoms with E-state index in [0.29, 0.717) is 5.56 Å². The summed E-state index contributed by atoms with van der Waals surface area (Å²) in [6.07, 6.45) is 2.59. The summed E-state index contributed by atoms with van der Waals surface area (Å²) in [6.45, 7) is 2.60. The molecule has 0 aromatic carbocycles. The average Bonchev–Trinajstić information content (AvgIpc) is 2.18. The molecule has 76 valence electrons. The maximum absolute atomic E-state index is 11.2. The lowest BCUT2D eigenvalue weighted by molar-refractivity contribution is -0.300. The van der Waals surface area contributed by atoms with Crippen molar-refractivity contribution in [1.82, 2.24) is 9.97 Å². The van der Waals surface area contributed by atoms with E-state index in [0.717, 1.165) is 0 Å². The fraction of sp³-hybridized carbons (Fsp3) is 0.200. The first kappa shape index (κ1) is 10.9. The van der Waals surface area contributed by atoms with Gasteiger partial charge in [-0.05, 0) is 6.92 Å². The fourth-order valence-electron chi connectivity index (χ4n) is 1.17. The van der Waals surface area contributed by atoms with Crippen molar-refractivity contribution in [1.29, 1.82) is 5.26 Å². The van der Waals surface area contributed by atoms with Gasteiger partial charge in [-0.1, -0.05) is 6.92 Å². The maximum Gasteiger partial charge on any atom is 0.232 e. The minimum absolute atomic E-state index is 0.00482. The number of hydrogen-bond acceptors (Lipinski definition) is 5. The quantitative estimate of drug-likeness (QED) is 0.498. The van der Waals surface area contributed by atoms with Crippen LogP contribution < -0.4 is 5.11 Å². The minimum Gasteiger partial charge on any atom is -0.875 e. The van der Waals surface area contributed by atoms with E-state index in [2.05, 4.69) is 9.97 Å². The molecule has 0 fully saturated rings. The van der Waals surface area contributed by atoms with Gasteiger partial charge in [0, 0.05) is 23.5 Å². The predicted octanol–water partition coefficient (Wildman–Crippen LogP) is 0.0286. The van der Waals surface area contributed by atoms with Crippen molar-refractivity contribution in [2.24, 2.45) is 0 Å². The average molecular weight is 202 g/mol. The number of ketones is 1. The molecular weight excluding hydrogens is 194 g/mol. The normalized spacial score (nSPS) is 11.5. The van der Waals surface area contributed by atoms with Crippen LogP contribution in [0.4, 0.5) is 0 Å². The van der Waals surface area contributed by atoms with Crippen molar-refractivity contribution in [3.05, 3.63) is 29.5 Å². The van der Waals surface area contributed by atoms with Crippen LogP contribution in [0.15, 0.2) is 18.2 Å². The molecule has 1 aromatic heterocycles. The number of hydrogen-bond donors (Lipinski definition) is 0. The molecule has 0 aliphatic rings. The van der Waals surface area contributed by atoms with E-state index in [1.54, 1.807) is 6.07 Å². The monoisotopic (exact) mass is 202 g/mol. The van der Waals surface area contributed by atoms with E-state index in [-0.39, 0.29) is 22.9 Å². The van der Waals surface area contributed by atoms with Crippen molar-refractivity contribution in [2.45, 2.75) is 13.8 Å². The first-order valence-electron chi connectivity index (χ1n) is 4.17. The van der Waals surface area contributed by atoms with Crippen LogP contribution >= 0.6 is 0 Å². The van der Waals surface area contributed by atoms with Crippen LogP contribution in [-0.2, 0) is 4.79 Å². The number of aromatic nitrogens is 2. The first-order chi connectivity index (χ1) is 7.06. The minimum atomic E-state index is -0.337. The van der Waals surface area contributed by atoms with Gasteiger partial charge in [0.25, 0.3) is 0 Å². The molecule has 15 heavy (non-hydrogen) atoms. The van der Waals surface area contributed by atoms with Crippen molar-refractivity contribution < 1.29 is 9.90 Å². The van der Waals surface area contributed by atoms with E-state index in [1.165, 1.54) is 26.2 Å². The van der Waals surface area contributed by atoms with Crippen LogP contribution in [0.1, 0.15) is 25.2 Å². The molecule has 5 nitrogen and oxygen atoms in total. The zero-order valence-electron chi connectivity index (χ0n) is 8.31. The highest BCUT2D eigenvalue weighted by molar-refractivity contribution is 6.19. The molecule has 0 aliphatic carbocycles. The molecule has 0 bridgehead atoms. The Kier molecular flexibility index (Phi) is 3.13. The van der Waals surface area contributed by atoms with E-state index in [4.69, 9.17) is 5.26 Å². The lowest BCUT2D eigenvalue weighted by atomic mass is 10.1. The van der Waals surface area contributed by atoms with Crippen LogP contribution in [0.2, 0.25) is 0 Å². The highest BCUT2D eigenvalue weighted by Crippen LogP contribution is 2.15. The molecule has 0 aliphatic heterocycles. The number of Topliss-reactive ketones (excluding diaryl/α,β-unsaturated/α-hetero) is 1. The van der Waals surface area contributed by atoms with Gasteiger partial charge in [0.2, 0.25) is 5.82 Å². The van der Waals surface area contributed by atoms with Crippen molar-refractivity contribution in [2.75, 3.05) is 0 Å². The summed E-state index contributed by atoms with van der Waals surface area (Å²) >= 11 is 0. The Bertz CT molecular complexity index is 451. The standard InChI is InChI=1S/C10H9N3O2/c1-6(14)10(7(2)15)8-4-12-9(3-11)13-5-8/h4-5,14H,1-2H3/p-1/b10-6+. The second-order valence-electron chi connectivity index (χ2n) is 2.89. The van der Waals surface area contributed by atoms with Crippen LogP contribution in [0.25, 0.3) is 5.57 Å². The van der Waals surface area contributed by atoms with Crippen molar-refractivity contribution >= 4 is 11.4 Å². The molecule has 0 atom stereocenters. The molecule has 0 radical (unpaired) electrons. The number of nitriles is 1. The first-order valence-corrected chi connectivity index (χ1v) is 4.17. The van der Waals surface area contributed by atoms with Gasteiger partial charge >= 0.3 is 0 Å². The second kappa shape index (κ2) is 4.33. The molecular formula is C10H8N3O2-. The number of allylic oxidation sites excluding steroid dienone is 2. The Labute approximate surface area is 86.7 Å². The SMILES string of the molecule is CC(=O)/C(=C(/C)[O-])c1cnc(C#N)nc1. The lowest BCUT2D eigenvalue weighted by Crippen LogP contribution is -2.09. The summed E-state index contributed by atoms with van der Waals surface area (Å²) in [6, 6.07) is 1.75. The second-order valence-corrected chi connectivity index (χ2v) is 2.89. The molecule has 0 saturated heterocycles. The number of carbonyl (C=O) groups is 1. The van der Waals surface area contributed by atoms with E-state index in [9.17, 15) is 9.90 Å². The fourth-order valence-corrected chi connectivity index (χ4v) is 1.17. The van der Waals surface area contributed by atoms with E-state index < -0.39 is 0 Å². The lowest BCUT2D eigenvalue weighted by Gasteiger charge is -2.12. The summed E-state index contributed by atoms with van der Waals surface area (Å²) < 4.78 is 0. The largest absolute Gasteiger partial charge is 0.875 e. The number of nitrogens with zero attached hydrogens (tertiary/aromatic N) is 3. The Balaban J connectivity index is 3.22. The topological polar surface area (TPSA) is 89.7 Å². The van der Waals surface area contributed by atoms with Gasteiger partial charge < -0.3 is 5.11 Å². The summed E-state index contributed by atoms with van der Waals surface area (Å²) in [5, 5.41) is 19.6. The van der Waals surface area contributed by atoms with E-state index in [1.807, 2.05) is 0 Å². The third-order valence-electron chi connectivity index (χ3n) is 1.74. The van der Waals surface area contributed by atoms with Gasteiger partial charge in [-0.2, -0.15) is 5.26 Å². The van der Waals surface area contributed by atoms with Crippen LogP contribution in [0.3, 0.4) is 0 Å². The predicted molar refractivity (Wildman–Crippen MR) is 50.0 cm³/mol. The molecule has 1 rings (SSSR count). The molecule has 1 heterocycles.